The number of aromatic nitrogens is 2. The molecule has 1 aromatic rings. The minimum absolute atomic E-state index is 0.647. The largest absolute Gasteiger partial charge is 0.356 e. The predicted molar refractivity (Wildman–Crippen MR) is 89.8 cm³/mol. The second kappa shape index (κ2) is 7.83. The first-order valence-corrected chi connectivity index (χ1v) is 8.58. The number of hydrogen-bond donors (Lipinski definition) is 1. The maximum atomic E-state index is 4.60. The van der Waals surface area contributed by atoms with Gasteiger partial charge in [-0.1, -0.05) is 20.3 Å². The fraction of sp³-hybridized carbons (Fsp3) is 0.824. The van der Waals surface area contributed by atoms with E-state index in [1.807, 2.05) is 0 Å². The molecule has 1 aliphatic heterocycles. The lowest BCUT2D eigenvalue weighted by molar-refractivity contribution is 0.160. The molecule has 0 aliphatic carbocycles. The Labute approximate surface area is 129 Å². The van der Waals surface area contributed by atoms with Gasteiger partial charge in [-0.15, -0.1) is 0 Å². The first kappa shape index (κ1) is 16.3. The molecule has 0 spiro atoms. The number of anilines is 1. The normalized spacial score (nSPS) is 20.1. The summed E-state index contributed by atoms with van der Waals surface area (Å²) in [6.07, 6.45) is 7.48. The Morgan fingerprint density at radius 1 is 1.38 bits per heavy atom. The third-order valence-electron chi connectivity index (χ3n) is 4.30. The Balaban J connectivity index is 1.75. The molecule has 1 aromatic heterocycles. The molecule has 2 rings (SSSR count). The van der Waals surface area contributed by atoms with Crippen LogP contribution in [0.5, 0.6) is 0 Å². The molecule has 4 heteroatoms. The Kier molecular flexibility index (Phi) is 6.09. The SMILES string of the molecule is Cc1cn(CC(C)C)c(NCCCN2CCCCC2C)n1. The fourth-order valence-corrected chi connectivity index (χ4v) is 3.19. The standard InChI is InChI=1S/C17H32N4/c1-14(2)12-21-13-15(3)19-17(21)18-9-7-11-20-10-6-5-8-16(20)4/h13-14,16H,5-12H2,1-4H3,(H,18,19). The number of likely N-dealkylation sites (tertiary alicyclic amines) is 1. The fourth-order valence-electron chi connectivity index (χ4n) is 3.19. The van der Waals surface area contributed by atoms with Crippen LogP contribution in [0.3, 0.4) is 0 Å². The second-order valence-corrected chi connectivity index (χ2v) is 6.91. The van der Waals surface area contributed by atoms with Gasteiger partial charge in [0.1, 0.15) is 0 Å². The van der Waals surface area contributed by atoms with Gasteiger partial charge < -0.3 is 14.8 Å². The molecule has 2 heterocycles. The van der Waals surface area contributed by atoms with E-state index < -0.39 is 0 Å². The summed E-state index contributed by atoms with van der Waals surface area (Å²) in [5.41, 5.74) is 1.10. The number of aryl methyl sites for hydroxylation is 1. The van der Waals surface area contributed by atoms with Gasteiger partial charge >= 0.3 is 0 Å². The molecule has 0 amide bonds. The van der Waals surface area contributed by atoms with Gasteiger partial charge in [-0.3, -0.25) is 0 Å². The average molecular weight is 292 g/mol. The zero-order valence-corrected chi connectivity index (χ0v) is 14.2. The van der Waals surface area contributed by atoms with E-state index in [4.69, 9.17) is 0 Å². The van der Waals surface area contributed by atoms with Crippen LogP contribution in [0.2, 0.25) is 0 Å². The third kappa shape index (κ3) is 5.03. The van der Waals surface area contributed by atoms with Crippen LogP contribution in [-0.2, 0) is 6.54 Å². The van der Waals surface area contributed by atoms with Gasteiger partial charge in [0.05, 0.1) is 5.69 Å². The van der Waals surface area contributed by atoms with Crippen molar-refractivity contribution in [1.82, 2.24) is 14.5 Å². The van der Waals surface area contributed by atoms with E-state index in [2.05, 4.69) is 53.7 Å². The summed E-state index contributed by atoms with van der Waals surface area (Å²) < 4.78 is 2.25. The van der Waals surface area contributed by atoms with Crippen molar-refractivity contribution in [2.45, 2.75) is 66.0 Å². The highest BCUT2D eigenvalue weighted by Gasteiger charge is 2.17. The van der Waals surface area contributed by atoms with Crippen molar-refractivity contribution >= 4 is 5.95 Å². The predicted octanol–water partition coefficient (Wildman–Crippen LogP) is 3.52. The van der Waals surface area contributed by atoms with E-state index in [-0.39, 0.29) is 0 Å². The van der Waals surface area contributed by atoms with Crippen molar-refractivity contribution in [3.63, 3.8) is 0 Å². The van der Waals surface area contributed by atoms with Gasteiger partial charge in [0.2, 0.25) is 5.95 Å². The Hall–Kier alpha value is -1.03. The molecule has 120 valence electrons. The Morgan fingerprint density at radius 3 is 2.90 bits per heavy atom. The van der Waals surface area contributed by atoms with Crippen molar-refractivity contribution in [3.05, 3.63) is 11.9 Å². The summed E-state index contributed by atoms with van der Waals surface area (Å²) in [7, 11) is 0. The van der Waals surface area contributed by atoms with Crippen LogP contribution in [-0.4, -0.2) is 40.1 Å². The Morgan fingerprint density at radius 2 is 2.19 bits per heavy atom. The minimum atomic E-state index is 0.647. The average Bonchev–Trinajstić information content (AvgIpc) is 2.76. The molecule has 1 aliphatic rings. The van der Waals surface area contributed by atoms with Gasteiger partial charge in [-0.2, -0.15) is 0 Å². The maximum Gasteiger partial charge on any atom is 0.203 e. The van der Waals surface area contributed by atoms with E-state index >= 15 is 0 Å². The monoisotopic (exact) mass is 292 g/mol. The van der Waals surface area contributed by atoms with Crippen LogP contribution in [0, 0.1) is 12.8 Å². The van der Waals surface area contributed by atoms with Crippen molar-refractivity contribution in [1.29, 1.82) is 0 Å². The Bertz CT molecular complexity index is 424. The summed E-state index contributed by atoms with van der Waals surface area (Å²) in [6, 6.07) is 0.768. The summed E-state index contributed by atoms with van der Waals surface area (Å²) in [6.45, 7) is 13.5. The highest BCUT2D eigenvalue weighted by Crippen LogP contribution is 2.16. The van der Waals surface area contributed by atoms with Crippen LogP contribution in [0.1, 0.15) is 52.1 Å². The number of piperidine rings is 1. The molecule has 4 nitrogen and oxygen atoms in total. The quantitative estimate of drug-likeness (QED) is 0.781. The zero-order chi connectivity index (χ0) is 15.2. The van der Waals surface area contributed by atoms with Crippen LogP contribution in [0.15, 0.2) is 6.20 Å². The highest BCUT2D eigenvalue weighted by atomic mass is 15.2. The van der Waals surface area contributed by atoms with E-state index in [9.17, 15) is 0 Å². The number of rotatable bonds is 7. The first-order valence-electron chi connectivity index (χ1n) is 8.58. The van der Waals surface area contributed by atoms with Gasteiger partial charge in [0, 0.05) is 31.9 Å². The van der Waals surface area contributed by atoms with Gasteiger partial charge in [0.15, 0.2) is 0 Å². The molecule has 0 saturated carbocycles. The summed E-state index contributed by atoms with van der Waals surface area (Å²) >= 11 is 0. The molecule has 21 heavy (non-hydrogen) atoms. The molecule has 1 unspecified atom stereocenters. The lowest BCUT2D eigenvalue weighted by Crippen LogP contribution is -2.38. The molecule has 0 radical (unpaired) electrons. The van der Waals surface area contributed by atoms with E-state index in [1.54, 1.807) is 0 Å². The topological polar surface area (TPSA) is 33.1 Å². The molecule has 1 fully saturated rings. The number of nitrogens with one attached hydrogen (secondary N) is 1. The first-order chi connectivity index (χ1) is 10.1. The summed E-state index contributed by atoms with van der Waals surface area (Å²) in [5.74, 6) is 1.68. The highest BCUT2D eigenvalue weighted by molar-refractivity contribution is 5.28. The van der Waals surface area contributed by atoms with Crippen molar-refractivity contribution < 1.29 is 0 Å². The lowest BCUT2D eigenvalue weighted by atomic mass is 10.0. The summed E-state index contributed by atoms with van der Waals surface area (Å²) in [5, 5.41) is 3.52. The van der Waals surface area contributed by atoms with Crippen LogP contribution < -0.4 is 5.32 Å². The zero-order valence-electron chi connectivity index (χ0n) is 14.2. The van der Waals surface area contributed by atoms with E-state index in [1.165, 1.54) is 38.8 Å². The molecule has 0 aromatic carbocycles. The van der Waals surface area contributed by atoms with Crippen molar-refractivity contribution in [3.8, 4) is 0 Å². The molecule has 1 saturated heterocycles. The van der Waals surface area contributed by atoms with Crippen molar-refractivity contribution in [2.75, 3.05) is 25.0 Å². The molecular formula is C17H32N4. The number of imidazole rings is 1. The van der Waals surface area contributed by atoms with E-state index in [0.29, 0.717) is 5.92 Å². The van der Waals surface area contributed by atoms with Crippen molar-refractivity contribution in [2.24, 2.45) is 5.92 Å². The second-order valence-electron chi connectivity index (χ2n) is 6.91. The van der Waals surface area contributed by atoms with Crippen LogP contribution >= 0.6 is 0 Å². The van der Waals surface area contributed by atoms with Gasteiger partial charge in [-0.05, 0) is 45.6 Å². The van der Waals surface area contributed by atoms with Gasteiger partial charge in [0.25, 0.3) is 0 Å². The molecular weight excluding hydrogens is 260 g/mol. The third-order valence-corrected chi connectivity index (χ3v) is 4.30. The van der Waals surface area contributed by atoms with Crippen LogP contribution in [0.4, 0.5) is 5.95 Å². The summed E-state index contributed by atoms with van der Waals surface area (Å²) in [4.78, 5) is 7.24. The van der Waals surface area contributed by atoms with E-state index in [0.717, 1.165) is 30.8 Å². The maximum absolute atomic E-state index is 4.60. The van der Waals surface area contributed by atoms with Gasteiger partial charge in [-0.25, -0.2) is 4.98 Å². The number of nitrogens with zero attached hydrogens (tertiary/aromatic N) is 3. The lowest BCUT2D eigenvalue weighted by Gasteiger charge is -2.33. The van der Waals surface area contributed by atoms with Crippen LogP contribution in [0.25, 0.3) is 0 Å². The molecule has 0 bridgehead atoms. The molecule has 1 atom stereocenters. The number of hydrogen-bond acceptors (Lipinski definition) is 3. The minimum Gasteiger partial charge on any atom is -0.356 e. The molecule has 1 N–H and O–H groups in total. The smallest absolute Gasteiger partial charge is 0.203 e.